The zero-order valence-electron chi connectivity index (χ0n) is 16.1. The summed E-state index contributed by atoms with van der Waals surface area (Å²) in [5, 5.41) is 0. The minimum Gasteiger partial charge on any atom is -0.141 e. The van der Waals surface area contributed by atoms with Crippen molar-refractivity contribution in [2.45, 2.75) is 46.0 Å². The van der Waals surface area contributed by atoms with Crippen molar-refractivity contribution in [3.05, 3.63) is 81.0 Å². The summed E-state index contributed by atoms with van der Waals surface area (Å²) in [7, 11) is 0. The van der Waals surface area contributed by atoms with Crippen LogP contribution in [0.1, 0.15) is 54.1 Å². The Morgan fingerprint density at radius 1 is 0.923 bits per heavy atom. The molecule has 0 saturated carbocycles. The number of hydrogen-bond donors (Lipinski definition) is 0. The van der Waals surface area contributed by atoms with Crippen LogP contribution in [0, 0.1) is 0 Å². The Morgan fingerprint density at radius 3 is 2.35 bits per heavy atom. The maximum Gasteiger partial charge on any atom is 0.0308 e. The molecular formula is C25H26S. The quantitative estimate of drug-likeness (QED) is 0.458. The molecule has 0 unspecified atom stereocenters. The van der Waals surface area contributed by atoms with Gasteiger partial charge in [-0.15, -0.1) is 11.3 Å². The molecule has 1 aliphatic rings. The van der Waals surface area contributed by atoms with Gasteiger partial charge in [0.05, 0.1) is 0 Å². The first kappa shape index (κ1) is 17.3. The summed E-state index contributed by atoms with van der Waals surface area (Å²) in [6.07, 6.45) is 4.58. The fourth-order valence-corrected chi connectivity index (χ4v) is 4.63. The van der Waals surface area contributed by atoms with Gasteiger partial charge in [-0.1, -0.05) is 70.2 Å². The first-order valence-electron chi connectivity index (χ1n) is 9.48. The number of fused-ring (bicyclic) bond motifs is 1. The van der Waals surface area contributed by atoms with Gasteiger partial charge in [-0.05, 0) is 69.9 Å². The predicted octanol–water partition coefficient (Wildman–Crippen LogP) is 7.37. The molecule has 1 heteroatoms. The van der Waals surface area contributed by atoms with Crippen LogP contribution in [0.4, 0.5) is 0 Å². The van der Waals surface area contributed by atoms with E-state index in [1.165, 1.54) is 43.1 Å². The Labute approximate surface area is 161 Å². The van der Waals surface area contributed by atoms with E-state index < -0.39 is 0 Å². The first-order chi connectivity index (χ1) is 12.5. The van der Waals surface area contributed by atoms with Gasteiger partial charge in [0.15, 0.2) is 0 Å². The van der Waals surface area contributed by atoms with E-state index in [-0.39, 0.29) is 5.41 Å². The van der Waals surface area contributed by atoms with Crippen molar-refractivity contribution in [2.75, 3.05) is 0 Å². The van der Waals surface area contributed by atoms with Gasteiger partial charge in [0, 0.05) is 9.75 Å². The van der Waals surface area contributed by atoms with Crippen molar-refractivity contribution in [2.24, 2.45) is 0 Å². The van der Waals surface area contributed by atoms with E-state index in [0.717, 1.165) is 12.8 Å². The van der Waals surface area contributed by atoms with E-state index in [9.17, 15) is 0 Å². The second-order valence-corrected chi connectivity index (χ2v) is 9.34. The topological polar surface area (TPSA) is 0 Å². The number of rotatable bonds is 3. The molecule has 4 rings (SSSR count). The zero-order valence-corrected chi connectivity index (χ0v) is 16.9. The lowest BCUT2D eigenvalue weighted by atomic mass is 9.86. The van der Waals surface area contributed by atoms with E-state index >= 15 is 0 Å². The minimum atomic E-state index is 0.195. The smallest absolute Gasteiger partial charge is 0.0308 e. The molecule has 1 aromatic heterocycles. The van der Waals surface area contributed by atoms with Gasteiger partial charge in [0.1, 0.15) is 0 Å². The van der Waals surface area contributed by atoms with Crippen LogP contribution in [-0.4, -0.2) is 0 Å². The lowest BCUT2D eigenvalue weighted by Crippen LogP contribution is -2.10. The van der Waals surface area contributed by atoms with Gasteiger partial charge in [-0.2, -0.15) is 0 Å². The predicted molar refractivity (Wildman–Crippen MR) is 116 cm³/mol. The molecule has 1 heterocycles. The van der Waals surface area contributed by atoms with Crippen LogP contribution in [0.2, 0.25) is 0 Å². The fourth-order valence-electron chi connectivity index (χ4n) is 3.67. The SMILES string of the molecule is CCc1ccc(C2=Cc3c(cccc3-c3ccc(C(C)(C)C)cc3)C2)s1. The zero-order chi connectivity index (χ0) is 18.3. The summed E-state index contributed by atoms with van der Waals surface area (Å²) in [5.74, 6) is 0. The molecule has 0 fully saturated rings. The highest BCUT2D eigenvalue weighted by atomic mass is 32.1. The second-order valence-electron chi connectivity index (χ2n) is 8.17. The van der Waals surface area contributed by atoms with Crippen LogP contribution in [0.5, 0.6) is 0 Å². The summed E-state index contributed by atoms with van der Waals surface area (Å²) >= 11 is 1.94. The molecule has 1 aliphatic carbocycles. The molecule has 2 aromatic carbocycles. The molecule has 0 aliphatic heterocycles. The maximum absolute atomic E-state index is 2.41. The summed E-state index contributed by atoms with van der Waals surface area (Å²) in [6, 6.07) is 20.4. The summed E-state index contributed by atoms with van der Waals surface area (Å²) < 4.78 is 0. The lowest BCUT2D eigenvalue weighted by molar-refractivity contribution is 0.590. The molecule has 3 aromatic rings. The van der Waals surface area contributed by atoms with Gasteiger partial charge < -0.3 is 0 Å². The first-order valence-corrected chi connectivity index (χ1v) is 10.3. The van der Waals surface area contributed by atoms with Crippen molar-refractivity contribution in [1.29, 1.82) is 0 Å². The summed E-state index contributed by atoms with van der Waals surface area (Å²) in [6.45, 7) is 9.03. The van der Waals surface area contributed by atoms with Crippen LogP contribution in [-0.2, 0) is 18.3 Å². The molecule has 0 bridgehead atoms. The molecule has 0 spiro atoms. The van der Waals surface area contributed by atoms with Gasteiger partial charge in [-0.3, -0.25) is 0 Å². The van der Waals surface area contributed by atoms with E-state index in [2.05, 4.69) is 88.4 Å². The van der Waals surface area contributed by atoms with Crippen molar-refractivity contribution >= 4 is 23.0 Å². The Morgan fingerprint density at radius 2 is 1.69 bits per heavy atom. The van der Waals surface area contributed by atoms with Crippen molar-refractivity contribution in [1.82, 2.24) is 0 Å². The average Bonchev–Trinajstić information content (AvgIpc) is 3.27. The van der Waals surface area contributed by atoms with E-state index in [0.29, 0.717) is 0 Å². The normalized spacial score (nSPS) is 13.6. The largest absolute Gasteiger partial charge is 0.141 e. The van der Waals surface area contributed by atoms with Crippen LogP contribution < -0.4 is 0 Å². The van der Waals surface area contributed by atoms with E-state index in [1.807, 2.05) is 11.3 Å². The maximum atomic E-state index is 2.41. The molecule has 26 heavy (non-hydrogen) atoms. The Kier molecular flexibility index (Phi) is 4.36. The van der Waals surface area contributed by atoms with Crippen molar-refractivity contribution < 1.29 is 0 Å². The van der Waals surface area contributed by atoms with Gasteiger partial charge in [0.25, 0.3) is 0 Å². The standard InChI is InChI=1S/C25H26S/c1-5-21-13-14-24(26-21)19-15-18-7-6-8-22(23(18)16-19)17-9-11-20(12-10-17)25(2,3)4/h6-14,16H,5,15H2,1-4H3. The van der Waals surface area contributed by atoms with Crippen molar-refractivity contribution in [3.8, 4) is 11.1 Å². The highest BCUT2D eigenvalue weighted by Crippen LogP contribution is 2.39. The number of hydrogen-bond acceptors (Lipinski definition) is 1. The molecule has 0 saturated heterocycles. The monoisotopic (exact) mass is 358 g/mol. The lowest BCUT2D eigenvalue weighted by Gasteiger charge is -2.19. The van der Waals surface area contributed by atoms with Gasteiger partial charge in [0.2, 0.25) is 0 Å². The Balaban J connectivity index is 1.72. The van der Waals surface area contributed by atoms with Crippen molar-refractivity contribution in [3.63, 3.8) is 0 Å². The molecule has 0 N–H and O–H groups in total. The highest BCUT2D eigenvalue weighted by molar-refractivity contribution is 7.13. The average molecular weight is 359 g/mol. The van der Waals surface area contributed by atoms with Crippen LogP contribution in [0.25, 0.3) is 22.8 Å². The van der Waals surface area contributed by atoms with E-state index in [4.69, 9.17) is 0 Å². The molecule has 0 nitrogen and oxygen atoms in total. The molecule has 0 atom stereocenters. The summed E-state index contributed by atoms with van der Waals surface area (Å²) in [4.78, 5) is 2.89. The highest BCUT2D eigenvalue weighted by Gasteiger charge is 2.19. The van der Waals surface area contributed by atoms with Gasteiger partial charge in [-0.25, -0.2) is 0 Å². The number of thiophene rings is 1. The third-order valence-electron chi connectivity index (χ3n) is 5.28. The molecule has 132 valence electrons. The van der Waals surface area contributed by atoms with E-state index in [1.54, 1.807) is 0 Å². The summed E-state index contributed by atoms with van der Waals surface area (Å²) in [5.41, 5.74) is 8.55. The van der Waals surface area contributed by atoms with Crippen LogP contribution in [0.15, 0.2) is 54.6 Å². The molecule has 0 amide bonds. The fraction of sp³-hybridized carbons (Fsp3) is 0.280. The molecule has 0 radical (unpaired) electrons. The van der Waals surface area contributed by atoms with Gasteiger partial charge >= 0.3 is 0 Å². The number of benzene rings is 2. The minimum absolute atomic E-state index is 0.195. The second kappa shape index (κ2) is 6.55. The van der Waals surface area contributed by atoms with Crippen LogP contribution >= 0.6 is 11.3 Å². The third kappa shape index (κ3) is 3.17. The number of aryl methyl sites for hydroxylation is 1. The number of allylic oxidation sites excluding steroid dienone is 1. The Bertz CT molecular complexity index is 962. The van der Waals surface area contributed by atoms with Crippen LogP contribution in [0.3, 0.4) is 0 Å². The third-order valence-corrected chi connectivity index (χ3v) is 6.59. The molecular weight excluding hydrogens is 332 g/mol. The Hall–Kier alpha value is -2.12.